The second-order valence-electron chi connectivity index (χ2n) is 7.72. The zero-order valence-electron chi connectivity index (χ0n) is 19.5. The summed E-state index contributed by atoms with van der Waals surface area (Å²) in [5.74, 6) is 0.855. The fourth-order valence-electron chi connectivity index (χ4n) is 3.31. The van der Waals surface area contributed by atoms with Crippen LogP contribution in [0.1, 0.15) is 30.0 Å². The van der Waals surface area contributed by atoms with Gasteiger partial charge in [-0.1, -0.05) is 78.5 Å². The molecule has 0 aliphatic carbocycles. The molecule has 5 nitrogen and oxygen atoms in total. The van der Waals surface area contributed by atoms with E-state index in [0.717, 1.165) is 22.4 Å². The average Bonchev–Trinajstić information content (AvgIpc) is 3.24. The molecule has 3 aromatic rings. The van der Waals surface area contributed by atoms with E-state index in [0.29, 0.717) is 12.8 Å². The minimum absolute atomic E-state index is 0.0798. The maximum absolute atomic E-state index is 9.36. The SMILES string of the molecule is C\C=C/C=C\C=C\C(Sc1nnc(CCCO)n1-c1ccc(N(C)C)cc1)c1ccccc1. The molecule has 0 spiro atoms. The van der Waals surface area contributed by atoms with Crippen molar-refractivity contribution in [3.63, 3.8) is 0 Å². The molecule has 1 N–H and O–H groups in total. The number of hydrogen-bond donors (Lipinski definition) is 1. The van der Waals surface area contributed by atoms with E-state index in [2.05, 4.69) is 80.3 Å². The van der Waals surface area contributed by atoms with Crippen molar-refractivity contribution in [1.82, 2.24) is 14.8 Å². The smallest absolute Gasteiger partial charge is 0.196 e. The van der Waals surface area contributed by atoms with Gasteiger partial charge < -0.3 is 10.0 Å². The topological polar surface area (TPSA) is 54.2 Å². The van der Waals surface area contributed by atoms with Crippen LogP contribution in [0.25, 0.3) is 5.69 Å². The summed E-state index contributed by atoms with van der Waals surface area (Å²) in [7, 11) is 4.06. The van der Waals surface area contributed by atoms with Gasteiger partial charge in [-0.3, -0.25) is 4.57 Å². The molecule has 0 aliphatic rings. The maximum Gasteiger partial charge on any atom is 0.196 e. The number of nitrogens with zero attached hydrogens (tertiary/aromatic N) is 4. The highest BCUT2D eigenvalue weighted by molar-refractivity contribution is 7.99. The van der Waals surface area contributed by atoms with E-state index in [9.17, 15) is 5.11 Å². The summed E-state index contributed by atoms with van der Waals surface area (Å²) in [5, 5.41) is 19.3. The van der Waals surface area contributed by atoms with E-state index in [1.165, 1.54) is 5.56 Å². The summed E-state index contributed by atoms with van der Waals surface area (Å²) in [6, 6.07) is 18.8. The van der Waals surface area contributed by atoms with Crippen molar-refractivity contribution in [1.29, 1.82) is 0 Å². The van der Waals surface area contributed by atoms with Gasteiger partial charge in [0.25, 0.3) is 0 Å². The lowest BCUT2D eigenvalue weighted by Crippen LogP contribution is -2.09. The molecule has 1 atom stereocenters. The van der Waals surface area contributed by atoms with Crippen LogP contribution in [0.3, 0.4) is 0 Å². The molecule has 172 valence electrons. The van der Waals surface area contributed by atoms with Crippen LogP contribution >= 0.6 is 11.8 Å². The molecule has 33 heavy (non-hydrogen) atoms. The van der Waals surface area contributed by atoms with Crippen molar-refractivity contribution >= 4 is 17.4 Å². The monoisotopic (exact) mass is 460 g/mol. The third-order valence-electron chi connectivity index (χ3n) is 5.06. The van der Waals surface area contributed by atoms with E-state index in [4.69, 9.17) is 0 Å². The van der Waals surface area contributed by atoms with Crippen LogP contribution in [0, 0.1) is 0 Å². The van der Waals surface area contributed by atoms with E-state index in [1.54, 1.807) is 11.8 Å². The first kappa shape index (κ1) is 24.6. The van der Waals surface area contributed by atoms with Crippen LogP contribution in [-0.4, -0.2) is 40.6 Å². The van der Waals surface area contributed by atoms with E-state index >= 15 is 0 Å². The number of aliphatic hydroxyl groups excluding tert-OH is 1. The third kappa shape index (κ3) is 6.94. The van der Waals surface area contributed by atoms with Crippen molar-refractivity contribution in [2.24, 2.45) is 0 Å². The Kier molecular flexibility index (Phi) is 9.54. The van der Waals surface area contributed by atoms with Crippen molar-refractivity contribution in [2.45, 2.75) is 30.2 Å². The molecule has 2 aromatic carbocycles. The molecular formula is C27H32N4OS. The molecule has 0 saturated heterocycles. The second kappa shape index (κ2) is 12.8. The molecule has 1 heterocycles. The van der Waals surface area contributed by atoms with Gasteiger partial charge >= 0.3 is 0 Å². The van der Waals surface area contributed by atoms with Gasteiger partial charge in [-0.25, -0.2) is 0 Å². The third-order valence-corrected chi connectivity index (χ3v) is 6.21. The number of thioether (sulfide) groups is 1. The number of hydrogen-bond acceptors (Lipinski definition) is 5. The van der Waals surface area contributed by atoms with Crippen molar-refractivity contribution < 1.29 is 5.11 Å². The van der Waals surface area contributed by atoms with Gasteiger partial charge in [0.05, 0.1) is 5.25 Å². The van der Waals surface area contributed by atoms with E-state index < -0.39 is 0 Å². The van der Waals surface area contributed by atoms with Gasteiger partial charge in [0.1, 0.15) is 5.82 Å². The average molecular weight is 461 g/mol. The van der Waals surface area contributed by atoms with Crippen LogP contribution in [-0.2, 0) is 6.42 Å². The highest BCUT2D eigenvalue weighted by Crippen LogP contribution is 2.37. The lowest BCUT2D eigenvalue weighted by molar-refractivity contribution is 0.287. The molecule has 0 fully saturated rings. The molecular weight excluding hydrogens is 428 g/mol. The summed E-state index contributed by atoms with van der Waals surface area (Å²) < 4.78 is 2.11. The van der Waals surface area contributed by atoms with Gasteiger partial charge in [-0.05, 0) is 43.2 Å². The van der Waals surface area contributed by atoms with Crippen LogP contribution in [0.5, 0.6) is 0 Å². The zero-order valence-corrected chi connectivity index (χ0v) is 20.3. The summed E-state index contributed by atoms with van der Waals surface area (Å²) in [4.78, 5) is 2.08. The number of aromatic nitrogens is 3. The molecule has 6 heteroatoms. The van der Waals surface area contributed by atoms with E-state index in [-0.39, 0.29) is 11.9 Å². The van der Waals surface area contributed by atoms with Gasteiger partial charge in [0, 0.05) is 38.5 Å². The predicted octanol–water partition coefficient (Wildman–Crippen LogP) is 5.78. The fraction of sp³-hybridized carbons (Fsp3) is 0.259. The van der Waals surface area contributed by atoms with Gasteiger partial charge in [0.2, 0.25) is 0 Å². The summed E-state index contributed by atoms with van der Waals surface area (Å²) >= 11 is 1.67. The Morgan fingerprint density at radius 1 is 0.970 bits per heavy atom. The number of aliphatic hydroxyl groups is 1. The largest absolute Gasteiger partial charge is 0.396 e. The van der Waals surface area contributed by atoms with Gasteiger partial charge in [-0.15, -0.1) is 10.2 Å². The number of benzene rings is 2. The highest BCUT2D eigenvalue weighted by Gasteiger charge is 2.19. The van der Waals surface area contributed by atoms with Crippen LogP contribution < -0.4 is 4.90 Å². The standard InChI is InChI=1S/C27H32N4OS/c1-4-5-6-7-11-15-25(22-13-9-8-10-14-22)33-27-29-28-26(16-12-21-32)31(27)24-19-17-23(18-20-24)30(2)3/h4-11,13-15,17-20,25,32H,12,16,21H2,1-3H3/b5-4-,7-6-,15-11+. The molecule has 0 radical (unpaired) electrons. The van der Waals surface area contributed by atoms with Crippen molar-refractivity contribution in [3.05, 3.63) is 102 Å². The highest BCUT2D eigenvalue weighted by atomic mass is 32.2. The normalized spacial score (nSPS) is 12.8. The number of anilines is 1. The molecule has 1 unspecified atom stereocenters. The summed E-state index contributed by atoms with van der Waals surface area (Å²) in [6.07, 6.45) is 13.6. The summed E-state index contributed by atoms with van der Waals surface area (Å²) in [5.41, 5.74) is 3.35. The minimum Gasteiger partial charge on any atom is -0.396 e. The zero-order chi connectivity index (χ0) is 23.5. The molecule has 3 rings (SSSR count). The Labute approximate surface area is 201 Å². The first-order chi connectivity index (χ1) is 16.1. The van der Waals surface area contributed by atoms with Gasteiger partial charge in [-0.2, -0.15) is 0 Å². The Bertz CT molecular complexity index is 1070. The quantitative estimate of drug-likeness (QED) is 0.290. The Morgan fingerprint density at radius 2 is 1.70 bits per heavy atom. The van der Waals surface area contributed by atoms with Crippen LogP contribution in [0.15, 0.2) is 96.2 Å². The predicted molar refractivity (Wildman–Crippen MR) is 139 cm³/mol. The maximum atomic E-state index is 9.36. The Balaban J connectivity index is 1.97. The minimum atomic E-state index is 0.0798. The fourth-order valence-corrected chi connectivity index (χ4v) is 4.41. The number of rotatable bonds is 11. The first-order valence-electron chi connectivity index (χ1n) is 11.1. The molecule has 0 aliphatic heterocycles. The first-order valence-corrected chi connectivity index (χ1v) is 12.0. The molecule has 0 amide bonds. The molecule has 0 saturated carbocycles. The molecule has 1 aromatic heterocycles. The second-order valence-corrected chi connectivity index (χ2v) is 8.83. The summed E-state index contributed by atoms with van der Waals surface area (Å²) in [6.45, 7) is 2.13. The van der Waals surface area contributed by atoms with Crippen molar-refractivity contribution in [3.8, 4) is 5.69 Å². The van der Waals surface area contributed by atoms with Crippen molar-refractivity contribution in [2.75, 3.05) is 25.6 Å². The van der Waals surface area contributed by atoms with E-state index in [1.807, 2.05) is 51.4 Å². The van der Waals surface area contributed by atoms with Crippen LogP contribution in [0.4, 0.5) is 5.69 Å². The molecule has 0 bridgehead atoms. The lowest BCUT2D eigenvalue weighted by Gasteiger charge is -2.16. The number of allylic oxidation sites excluding steroid dienone is 5. The van der Waals surface area contributed by atoms with Crippen LogP contribution in [0.2, 0.25) is 0 Å². The number of aryl methyl sites for hydroxylation is 1. The van der Waals surface area contributed by atoms with Gasteiger partial charge in [0.15, 0.2) is 5.16 Å². The Morgan fingerprint density at radius 3 is 2.36 bits per heavy atom. The Hall–Kier alpha value is -3.09. The lowest BCUT2D eigenvalue weighted by atomic mass is 10.1.